The van der Waals surface area contributed by atoms with Crippen molar-refractivity contribution in [1.29, 1.82) is 0 Å². The van der Waals surface area contributed by atoms with Gasteiger partial charge in [0.05, 0.1) is 5.69 Å². The molecular formula is C15H16BrFN2O. The highest BCUT2D eigenvalue weighted by Gasteiger charge is 2.08. The van der Waals surface area contributed by atoms with Gasteiger partial charge in [-0.25, -0.2) is 4.39 Å². The standard InChI is InChI=1S/C15H16BrFN2O/c1-10-3-6-15(14(19-10)8-18-2)20-9-11-7-12(16)4-5-13(11)17/h3-7,18H,8-9H2,1-2H3. The van der Waals surface area contributed by atoms with Gasteiger partial charge >= 0.3 is 0 Å². The summed E-state index contributed by atoms with van der Waals surface area (Å²) in [6.07, 6.45) is 0. The molecule has 1 N–H and O–H groups in total. The predicted molar refractivity (Wildman–Crippen MR) is 80.2 cm³/mol. The minimum Gasteiger partial charge on any atom is -0.487 e. The lowest BCUT2D eigenvalue weighted by atomic mass is 10.2. The summed E-state index contributed by atoms with van der Waals surface area (Å²) in [6.45, 7) is 2.71. The van der Waals surface area contributed by atoms with Gasteiger partial charge in [0.1, 0.15) is 18.2 Å². The van der Waals surface area contributed by atoms with Gasteiger partial charge < -0.3 is 10.1 Å². The van der Waals surface area contributed by atoms with Crippen molar-refractivity contribution in [1.82, 2.24) is 10.3 Å². The number of nitrogens with one attached hydrogen (secondary N) is 1. The quantitative estimate of drug-likeness (QED) is 0.904. The highest BCUT2D eigenvalue weighted by atomic mass is 79.9. The van der Waals surface area contributed by atoms with Crippen LogP contribution in [0.3, 0.4) is 0 Å². The Kier molecular flexibility index (Phi) is 5.09. The van der Waals surface area contributed by atoms with E-state index in [0.29, 0.717) is 17.9 Å². The lowest BCUT2D eigenvalue weighted by Crippen LogP contribution is -2.10. The summed E-state index contributed by atoms with van der Waals surface area (Å²) in [7, 11) is 1.85. The van der Waals surface area contributed by atoms with Gasteiger partial charge in [-0.2, -0.15) is 0 Å². The van der Waals surface area contributed by atoms with Crippen molar-refractivity contribution in [3.8, 4) is 5.75 Å². The number of hydrogen-bond acceptors (Lipinski definition) is 3. The van der Waals surface area contributed by atoms with Gasteiger partial charge in [0.2, 0.25) is 0 Å². The van der Waals surface area contributed by atoms with E-state index in [1.807, 2.05) is 26.1 Å². The first-order chi connectivity index (χ1) is 9.60. The van der Waals surface area contributed by atoms with Crippen LogP contribution < -0.4 is 10.1 Å². The van der Waals surface area contributed by atoms with Crippen LogP contribution in [0.2, 0.25) is 0 Å². The number of benzene rings is 1. The van der Waals surface area contributed by atoms with E-state index in [1.54, 1.807) is 12.1 Å². The van der Waals surface area contributed by atoms with Gasteiger partial charge in [0.25, 0.3) is 0 Å². The first-order valence-corrected chi connectivity index (χ1v) is 7.07. The Morgan fingerprint density at radius 1 is 1.30 bits per heavy atom. The second-order valence-electron chi connectivity index (χ2n) is 4.45. The van der Waals surface area contributed by atoms with E-state index >= 15 is 0 Å². The topological polar surface area (TPSA) is 34.2 Å². The maximum atomic E-state index is 13.7. The number of rotatable bonds is 5. The molecule has 2 rings (SSSR count). The van der Waals surface area contributed by atoms with Gasteiger partial charge in [-0.3, -0.25) is 4.98 Å². The van der Waals surface area contributed by atoms with Gasteiger partial charge in [-0.15, -0.1) is 0 Å². The largest absolute Gasteiger partial charge is 0.487 e. The smallest absolute Gasteiger partial charge is 0.142 e. The maximum absolute atomic E-state index is 13.7. The minimum atomic E-state index is -0.275. The molecule has 2 aromatic rings. The lowest BCUT2D eigenvalue weighted by Gasteiger charge is -2.12. The number of aromatic nitrogens is 1. The van der Waals surface area contributed by atoms with Crippen LogP contribution >= 0.6 is 15.9 Å². The molecule has 0 aliphatic rings. The van der Waals surface area contributed by atoms with Crippen molar-refractivity contribution in [2.75, 3.05) is 7.05 Å². The van der Waals surface area contributed by atoms with Gasteiger partial charge in [0.15, 0.2) is 0 Å². The van der Waals surface area contributed by atoms with Crippen molar-refractivity contribution < 1.29 is 9.13 Å². The third kappa shape index (κ3) is 3.77. The summed E-state index contributed by atoms with van der Waals surface area (Å²) < 4.78 is 20.2. The fraction of sp³-hybridized carbons (Fsp3) is 0.267. The van der Waals surface area contributed by atoms with Crippen LogP contribution in [0.1, 0.15) is 17.0 Å². The number of halogens is 2. The van der Waals surface area contributed by atoms with Crippen molar-refractivity contribution in [3.05, 3.63) is 57.6 Å². The Hall–Kier alpha value is -1.46. The van der Waals surface area contributed by atoms with Crippen LogP contribution in [-0.2, 0) is 13.2 Å². The molecule has 0 atom stereocenters. The zero-order valence-electron chi connectivity index (χ0n) is 11.4. The number of aryl methyl sites for hydroxylation is 1. The molecule has 0 unspecified atom stereocenters. The molecule has 1 aromatic carbocycles. The predicted octanol–water partition coefficient (Wildman–Crippen LogP) is 3.59. The number of pyridine rings is 1. The molecule has 0 radical (unpaired) electrons. The summed E-state index contributed by atoms with van der Waals surface area (Å²) >= 11 is 3.33. The molecule has 5 heteroatoms. The molecule has 106 valence electrons. The van der Waals surface area contributed by atoms with Crippen LogP contribution in [-0.4, -0.2) is 12.0 Å². The molecular weight excluding hydrogens is 323 g/mol. The summed E-state index contributed by atoms with van der Waals surface area (Å²) in [5.41, 5.74) is 2.26. The normalized spacial score (nSPS) is 10.6. The molecule has 0 fully saturated rings. The lowest BCUT2D eigenvalue weighted by molar-refractivity contribution is 0.294. The van der Waals surface area contributed by atoms with Crippen molar-refractivity contribution in [2.24, 2.45) is 0 Å². The maximum Gasteiger partial charge on any atom is 0.142 e. The van der Waals surface area contributed by atoms with Gasteiger partial charge in [0, 0.05) is 22.3 Å². The monoisotopic (exact) mass is 338 g/mol. The fourth-order valence-electron chi connectivity index (χ4n) is 1.83. The average Bonchev–Trinajstić information content (AvgIpc) is 2.42. The molecule has 1 heterocycles. The SMILES string of the molecule is CNCc1nc(C)ccc1OCc1cc(Br)ccc1F. The van der Waals surface area contributed by atoms with Crippen molar-refractivity contribution in [3.63, 3.8) is 0 Å². The molecule has 0 aliphatic carbocycles. The van der Waals surface area contributed by atoms with Crippen LogP contribution in [0.4, 0.5) is 4.39 Å². The fourth-order valence-corrected chi connectivity index (χ4v) is 2.24. The Bertz CT molecular complexity index is 604. The number of ether oxygens (including phenoxy) is 1. The number of hydrogen-bond donors (Lipinski definition) is 1. The third-order valence-corrected chi connectivity index (χ3v) is 3.30. The highest BCUT2D eigenvalue weighted by molar-refractivity contribution is 9.10. The Morgan fingerprint density at radius 3 is 2.85 bits per heavy atom. The zero-order valence-corrected chi connectivity index (χ0v) is 13.0. The average molecular weight is 339 g/mol. The summed E-state index contributed by atoms with van der Waals surface area (Å²) in [5.74, 6) is 0.396. The van der Waals surface area contributed by atoms with Crippen molar-refractivity contribution in [2.45, 2.75) is 20.1 Å². The van der Waals surface area contributed by atoms with E-state index in [2.05, 4.69) is 26.2 Å². The molecule has 3 nitrogen and oxygen atoms in total. The Balaban J connectivity index is 2.16. The van der Waals surface area contributed by atoms with Gasteiger partial charge in [-0.05, 0) is 44.3 Å². The first kappa shape index (κ1) is 14.9. The first-order valence-electron chi connectivity index (χ1n) is 6.28. The van der Waals surface area contributed by atoms with Crippen LogP contribution in [0, 0.1) is 12.7 Å². The van der Waals surface area contributed by atoms with Crippen LogP contribution in [0.25, 0.3) is 0 Å². The second-order valence-corrected chi connectivity index (χ2v) is 5.37. The summed E-state index contributed by atoms with van der Waals surface area (Å²) in [4.78, 5) is 4.42. The molecule has 20 heavy (non-hydrogen) atoms. The van der Waals surface area contributed by atoms with E-state index in [4.69, 9.17) is 4.74 Å². The molecule has 0 bridgehead atoms. The molecule has 0 aliphatic heterocycles. The second kappa shape index (κ2) is 6.81. The Labute approximate surface area is 126 Å². The number of nitrogens with zero attached hydrogens (tertiary/aromatic N) is 1. The Morgan fingerprint density at radius 2 is 2.10 bits per heavy atom. The highest BCUT2D eigenvalue weighted by Crippen LogP contribution is 2.21. The molecule has 1 aromatic heterocycles. The molecule has 0 amide bonds. The van der Waals surface area contributed by atoms with E-state index in [9.17, 15) is 4.39 Å². The molecule has 0 saturated carbocycles. The van der Waals surface area contributed by atoms with Gasteiger partial charge in [-0.1, -0.05) is 15.9 Å². The van der Waals surface area contributed by atoms with E-state index in [-0.39, 0.29) is 12.4 Å². The van der Waals surface area contributed by atoms with Crippen LogP contribution in [0.5, 0.6) is 5.75 Å². The van der Waals surface area contributed by atoms with E-state index in [0.717, 1.165) is 15.9 Å². The molecule has 0 spiro atoms. The van der Waals surface area contributed by atoms with E-state index in [1.165, 1.54) is 6.07 Å². The summed E-state index contributed by atoms with van der Waals surface area (Å²) in [5, 5.41) is 3.05. The van der Waals surface area contributed by atoms with Crippen LogP contribution in [0.15, 0.2) is 34.8 Å². The molecule has 0 saturated heterocycles. The van der Waals surface area contributed by atoms with E-state index < -0.39 is 0 Å². The third-order valence-electron chi connectivity index (χ3n) is 2.81. The van der Waals surface area contributed by atoms with Crippen molar-refractivity contribution >= 4 is 15.9 Å². The zero-order chi connectivity index (χ0) is 14.5. The minimum absolute atomic E-state index is 0.173. The summed E-state index contributed by atoms with van der Waals surface area (Å²) in [6, 6.07) is 8.55.